The molecule has 0 amide bonds. The first-order valence-electron chi connectivity index (χ1n) is 7.63. The van der Waals surface area contributed by atoms with E-state index in [4.69, 9.17) is 11.6 Å². The van der Waals surface area contributed by atoms with E-state index in [9.17, 15) is 9.35 Å². The number of hydrogen-bond acceptors (Lipinski definition) is 4. The molecule has 6 nitrogen and oxygen atoms in total. The second kappa shape index (κ2) is 5.91. The molecule has 1 aliphatic rings. The van der Waals surface area contributed by atoms with E-state index >= 15 is 0 Å². The Kier molecular flexibility index (Phi) is 3.86. The van der Waals surface area contributed by atoms with Crippen molar-refractivity contribution in [2.45, 2.75) is 30.8 Å². The van der Waals surface area contributed by atoms with Gasteiger partial charge < -0.3 is 9.12 Å². The van der Waals surface area contributed by atoms with Gasteiger partial charge in [-0.3, -0.25) is 4.79 Å². The molecule has 3 aromatic rings. The molecule has 0 radical (unpaired) electrons. The van der Waals surface area contributed by atoms with E-state index in [1.807, 2.05) is 6.07 Å². The van der Waals surface area contributed by atoms with Crippen LogP contribution in [0, 0.1) is 0 Å². The van der Waals surface area contributed by atoms with Crippen LogP contribution in [-0.4, -0.2) is 30.0 Å². The van der Waals surface area contributed by atoms with Gasteiger partial charge in [-0.05, 0) is 30.9 Å². The highest BCUT2D eigenvalue weighted by atomic mass is 35.5. The zero-order valence-corrected chi connectivity index (χ0v) is 14.6. The Balaban J connectivity index is 1.93. The Morgan fingerprint density at radius 1 is 1.38 bits per heavy atom. The summed E-state index contributed by atoms with van der Waals surface area (Å²) in [6, 6.07) is 5.40. The van der Waals surface area contributed by atoms with E-state index in [2.05, 4.69) is 14.6 Å². The second-order valence-corrected chi connectivity index (χ2v) is 7.58. The monoisotopic (exact) mass is 362 g/mol. The fraction of sp³-hybridized carbons (Fsp3) is 0.312. The summed E-state index contributed by atoms with van der Waals surface area (Å²) in [5.41, 5.74) is 3.40. The van der Waals surface area contributed by atoms with Crippen molar-refractivity contribution in [3.8, 4) is 0 Å². The third kappa shape index (κ3) is 2.53. The van der Waals surface area contributed by atoms with Crippen LogP contribution < -0.4 is 5.56 Å². The largest absolute Gasteiger partial charge is 0.610 e. The third-order valence-electron chi connectivity index (χ3n) is 4.33. The third-order valence-corrected chi connectivity index (χ3v) is 5.35. The normalized spacial score (nSPS) is 15.0. The highest BCUT2D eigenvalue weighted by Gasteiger charge is 2.24. The molecular weight excluding hydrogens is 348 g/mol. The summed E-state index contributed by atoms with van der Waals surface area (Å²) in [5, 5.41) is 5.11. The smallest absolute Gasteiger partial charge is 0.277 e. The summed E-state index contributed by atoms with van der Waals surface area (Å²) in [7, 11) is 0. The SMILES string of the molecule is C[S+]([O-])c1cc2n(Cc3ccc(Cl)nc3)c3c(c(=O)n2n1)CCC3. The number of fused-ring (bicyclic) bond motifs is 2. The topological polar surface area (TPSA) is 75.2 Å². The molecule has 1 aliphatic carbocycles. The van der Waals surface area contributed by atoms with Crippen LogP contribution in [-0.2, 0) is 30.6 Å². The minimum absolute atomic E-state index is 0.0975. The zero-order chi connectivity index (χ0) is 16.8. The Morgan fingerprint density at radius 3 is 2.92 bits per heavy atom. The second-order valence-electron chi connectivity index (χ2n) is 5.87. The molecule has 24 heavy (non-hydrogen) atoms. The van der Waals surface area contributed by atoms with Gasteiger partial charge in [0.2, 0.25) is 0 Å². The van der Waals surface area contributed by atoms with Gasteiger partial charge in [0.1, 0.15) is 17.1 Å². The van der Waals surface area contributed by atoms with Crippen molar-refractivity contribution in [1.82, 2.24) is 19.2 Å². The number of halogens is 1. The first kappa shape index (κ1) is 15.7. The molecule has 8 heteroatoms. The minimum atomic E-state index is -1.24. The van der Waals surface area contributed by atoms with Crippen molar-refractivity contribution < 1.29 is 4.55 Å². The van der Waals surface area contributed by atoms with Gasteiger partial charge in [0.15, 0.2) is 0 Å². The summed E-state index contributed by atoms with van der Waals surface area (Å²) < 4.78 is 15.2. The van der Waals surface area contributed by atoms with Crippen molar-refractivity contribution in [2.24, 2.45) is 0 Å². The van der Waals surface area contributed by atoms with E-state index in [1.54, 1.807) is 24.6 Å². The standard InChI is InChI=1S/C16H15ClN4O2S/c1-24(23)14-7-15-20(9-10-5-6-13(17)18-8-10)12-4-2-3-11(12)16(22)21(15)19-14/h5-8H,2-4,9H2,1H3. The van der Waals surface area contributed by atoms with E-state index < -0.39 is 11.2 Å². The van der Waals surface area contributed by atoms with Gasteiger partial charge in [0, 0.05) is 28.6 Å². The van der Waals surface area contributed by atoms with Crippen LogP contribution in [0.25, 0.3) is 5.65 Å². The summed E-state index contributed by atoms with van der Waals surface area (Å²) >= 11 is 4.62. The highest BCUT2D eigenvalue weighted by Crippen LogP contribution is 2.23. The molecule has 0 aromatic carbocycles. The van der Waals surface area contributed by atoms with Crippen molar-refractivity contribution >= 4 is 28.4 Å². The molecule has 124 valence electrons. The van der Waals surface area contributed by atoms with Gasteiger partial charge >= 0.3 is 0 Å². The first-order chi connectivity index (χ1) is 11.5. The van der Waals surface area contributed by atoms with Gasteiger partial charge in [-0.25, -0.2) is 4.98 Å². The quantitative estimate of drug-likeness (QED) is 0.526. The summed E-state index contributed by atoms with van der Waals surface area (Å²) in [6.45, 7) is 0.567. The lowest BCUT2D eigenvalue weighted by atomic mass is 10.2. The maximum absolute atomic E-state index is 12.7. The van der Waals surface area contributed by atoms with Crippen molar-refractivity contribution in [1.29, 1.82) is 0 Å². The van der Waals surface area contributed by atoms with Crippen LogP contribution in [0.2, 0.25) is 5.15 Å². The molecule has 4 rings (SSSR count). The summed E-state index contributed by atoms with van der Waals surface area (Å²) in [6.07, 6.45) is 5.87. The van der Waals surface area contributed by atoms with Crippen LogP contribution in [0.5, 0.6) is 0 Å². The minimum Gasteiger partial charge on any atom is -0.610 e. The van der Waals surface area contributed by atoms with Gasteiger partial charge in [0.05, 0.1) is 12.6 Å². The van der Waals surface area contributed by atoms with Crippen LogP contribution in [0.1, 0.15) is 23.2 Å². The highest BCUT2D eigenvalue weighted by molar-refractivity contribution is 7.90. The van der Waals surface area contributed by atoms with Gasteiger partial charge in [-0.1, -0.05) is 17.7 Å². The summed E-state index contributed by atoms with van der Waals surface area (Å²) in [4.78, 5) is 16.8. The lowest BCUT2D eigenvalue weighted by Gasteiger charge is -2.14. The predicted molar refractivity (Wildman–Crippen MR) is 92.2 cm³/mol. The van der Waals surface area contributed by atoms with Crippen LogP contribution in [0.3, 0.4) is 0 Å². The number of aromatic nitrogens is 4. The molecular formula is C16H15ClN4O2S. The molecule has 0 fully saturated rings. The molecule has 1 atom stereocenters. The Bertz CT molecular complexity index is 978. The lowest BCUT2D eigenvalue weighted by Crippen LogP contribution is -2.24. The molecule has 0 spiro atoms. The van der Waals surface area contributed by atoms with E-state index in [-0.39, 0.29) is 5.56 Å². The van der Waals surface area contributed by atoms with E-state index in [0.29, 0.717) is 22.4 Å². The van der Waals surface area contributed by atoms with E-state index in [1.165, 1.54) is 4.52 Å². The number of rotatable bonds is 3. The fourth-order valence-electron chi connectivity index (χ4n) is 3.21. The maximum Gasteiger partial charge on any atom is 0.277 e. The molecule has 0 bridgehead atoms. The van der Waals surface area contributed by atoms with Gasteiger partial charge in [-0.15, -0.1) is 5.10 Å². The molecule has 3 heterocycles. The van der Waals surface area contributed by atoms with Crippen molar-refractivity contribution in [3.05, 3.63) is 56.7 Å². The number of nitrogens with zero attached hydrogens (tertiary/aromatic N) is 4. The van der Waals surface area contributed by atoms with Crippen LogP contribution >= 0.6 is 11.6 Å². The molecule has 0 saturated heterocycles. The Hall–Kier alpha value is -1.83. The Morgan fingerprint density at radius 2 is 2.21 bits per heavy atom. The van der Waals surface area contributed by atoms with Crippen LogP contribution in [0.4, 0.5) is 0 Å². The molecule has 3 aromatic heterocycles. The number of pyridine rings is 1. The van der Waals surface area contributed by atoms with Crippen LogP contribution in [0.15, 0.2) is 34.2 Å². The van der Waals surface area contributed by atoms with E-state index in [0.717, 1.165) is 36.1 Å². The molecule has 0 N–H and O–H groups in total. The molecule has 1 unspecified atom stereocenters. The molecule has 0 aliphatic heterocycles. The summed E-state index contributed by atoms with van der Waals surface area (Å²) in [5.74, 6) is 0. The average Bonchev–Trinajstić information content (AvgIpc) is 3.20. The van der Waals surface area contributed by atoms with Gasteiger partial charge in [-0.2, -0.15) is 4.52 Å². The van der Waals surface area contributed by atoms with Gasteiger partial charge in [0.25, 0.3) is 10.6 Å². The fourth-order valence-corrected chi connectivity index (χ4v) is 3.79. The Labute approximate surface area is 146 Å². The van der Waals surface area contributed by atoms with Crippen molar-refractivity contribution in [2.75, 3.05) is 6.26 Å². The lowest BCUT2D eigenvalue weighted by molar-refractivity contribution is 0.595. The maximum atomic E-state index is 12.7. The number of hydrogen-bond donors (Lipinski definition) is 0. The van der Waals surface area contributed by atoms with Crippen molar-refractivity contribution in [3.63, 3.8) is 0 Å². The average molecular weight is 363 g/mol. The zero-order valence-electron chi connectivity index (χ0n) is 13.0. The molecule has 0 saturated carbocycles. The first-order valence-corrected chi connectivity index (χ1v) is 9.56. The predicted octanol–water partition coefficient (Wildman–Crippen LogP) is 1.82.